The van der Waals surface area contributed by atoms with E-state index in [1.807, 2.05) is 0 Å². The second kappa shape index (κ2) is 9.72. The van der Waals surface area contributed by atoms with Gasteiger partial charge in [-0.05, 0) is 48.9 Å². The lowest BCUT2D eigenvalue weighted by Crippen LogP contribution is -2.30. The third-order valence-corrected chi connectivity index (χ3v) is 5.45. The van der Waals surface area contributed by atoms with Crippen LogP contribution in [0.25, 0.3) is 0 Å². The van der Waals surface area contributed by atoms with E-state index in [9.17, 15) is 9.59 Å². The number of carbonyl (C=O) groups is 2. The van der Waals surface area contributed by atoms with Crippen molar-refractivity contribution in [2.24, 2.45) is 17.8 Å². The molecule has 3 atom stereocenters. The van der Waals surface area contributed by atoms with Gasteiger partial charge in [-0.3, -0.25) is 9.59 Å². The lowest BCUT2D eigenvalue weighted by molar-refractivity contribution is -0.117. The van der Waals surface area contributed by atoms with Crippen molar-refractivity contribution in [1.82, 2.24) is 5.32 Å². The molecule has 2 N–H and O–H groups in total. The predicted molar refractivity (Wildman–Crippen MR) is 104 cm³/mol. The predicted octanol–water partition coefficient (Wildman–Crippen LogP) is 3.85. The van der Waals surface area contributed by atoms with Gasteiger partial charge in [-0.15, -0.1) is 0 Å². The van der Waals surface area contributed by atoms with Crippen LogP contribution < -0.4 is 10.6 Å². The minimum absolute atomic E-state index is 0.0710. The maximum Gasteiger partial charge on any atom is 0.251 e. The van der Waals surface area contributed by atoms with Crippen molar-refractivity contribution >= 4 is 17.5 Å². The summed E-state index contributed by atoms with van der Waals surface area (Å²) in [5.41, 5.74) is 1.33. The summed E-state index contributed by atoms with van der Waals surface area (Å²) in [6.07, 6.45) is 4.10. The summed E-state index contributed by atoms with van der Waals surface area (Å²) >= 11 is 0. The normalized spacial score (nSPS) is 19.9. The van der Waals surface area contributed by atoms with E-state index < -0.39 is 0 Å². The molecule has 0 unspecified atom stereocenters. The molecule has 0 radical (unpaired) electrons. The van der Waals surface area contributed by atoms with Crippen LogP contribution in [0.5, 0.6) is 0 Å². The van der Waals surface area contributed by atoms with E-state index in [2.05, 4.69) is 31.4 Å². The van der Waals surface area contributed by atoms with E-state index in [0.29, 0.717) is 23.9 Å². The molecule has 2 amide bonds. The Hall–Kier alpha value is -1.88. The summed E-state index contributed by atoms with van der Waals surface area (Å²) in [5, 5.41) is 5.86. The van der Waals surface area contributed by atoms with Crippen molar-refractivity contribution in [3.63, 3.8) is 0 Å². The maximum absolute atomic E-state index is 12.3. The molecule has 144 valence electrons. The van der Waals surface area contributed by atoms with Crippen LogP contribution in [0, 0.1) is 17.8 Å². The lowest BCUT2D eigenvalue weighted by Gasteiger charge is -2.24. The molecule has 0 aliphatic heterocycles. The van der Waals surface area contributed by atoms with Gasteiger partial charge in [0.15, 0.2) is 0 Å². The van der Waals surface area contributed by atoms with E-state index in [1.165, 1.54) is 0 Å². The number of hydrogen-bond donors (Lipinski definition) is 2. The van der Waals surface area contributed by atoms with Gasteiger partial charge in [0.1, 0.15) is 0 Å². The highest BCUT2D eigenvalue weighted by molar-refractivity contribution is 5.96. The molecular weight excluding hydrogens is 328 g/mol. The van der Waals surface area contributed by atoms with E-state index in [1.54, 1.807) is 31.4 Å². The van der Waals surface area contributed by atoms with Gasteiger partial charge in [-0.1, -0.05) is 33.6 Å². The average molecular weight is 360 g/mol. The Balaban J connectivity index is 1.79. The molecule has 0 saturated heterocycles. The van der Waals surface area contributed by atoms with E-state index >= 15 is 0 Å². The molecule has 1 aromatic carbocycles. The van der Waals surface area contributed by atoms with Gasteiger partial charge < -0.3 is 15.4 Å². The molecule has 1 aliphatic carbocycles. The number of rotatable bonds is 10. The third kappa shape index (κ3) is 5.56. The first-order valence-corrected chi connectivity index (χ1v) is 9.72. The van der Waals surface area contributed by atoms with Crippen LogP contribution in [-0.2, 0) is 9.53 Å². The largest absolute Gasteiger partial charge is 0.381 e. The van der Waals surface area contributed by atoms with Crippen LogP contribution in [0.15, 0.2) is 24.3 Å². The Bertz CT molecular complexity index is 596. The number of nitrogens with one attached hydrogen (secondary N) is 2. The van der Waals surface area contributed by atoms with E-state index in [0.717, 1.165) is 31.4 Å². The van der Waals surface area contributed by atoms with Crippen LogP contribution in [0.1, 0.15) is 56.8 Å². The zero-order chi connectivity index (χ0) is 19.1. The smallest absolute Gasteiger partial charge is 0.251 e. The van der Waals surface area contributed by atoms with Crippen molar-refractivity contribution in [1.29, 1.82) is 0 Å². The Morgan fingerprint density at radius 2 is 1.81 bits per heavy atom. The summed E-state index contributed by atoms with van der Waals surface area (Å²) in [6, 6.07) is 7.05. The summed E-state index contributed by atoms with van der Waals surface area (Å²) < 4.78 is 5.57. The molecule has 0 bridgehead atoms. The zero-order valence-corrected chi connectivity index (χ0v) is 16.4. The number of hydrogen-bond acceptors (Lipinski definition) is 3. The molecule has 0 aromatic heterocycles. The summed E-state index contributed by atoms with van der Waals surface area (Å²) in [7, 11) is 1.74. The van der Waals surface area contributed by atoms with E-state index in [4.69, 9.17) is 4.74 Å². The first kappa shape index (κ1) is 20.4. The summed E-state index contributed by atoms with van der Waals surface area (Å²) in [5.74, 6) is 1.12. The van der Waals surface area contributed by atoms with E-state index in [-0.39, 0.29) is 23.8 Å². The Morgan fingerprint density at radius 3 is 2.31 bits per heavy atom. The van der Waals surface area contributed by atoms with Gasteiger partial charge in [0, 0.05) is 30.8 Å². The molecule has 1 aromatic rings. The number of benzene rings is 1. The number of anilines is 1. The standard InChI is InChI=1S/C21H32N2O3/c1-5-15(6-2)19(26-4)11-12-22-20(24)16-7-9-17(10-8-16)23-21(25)18-13-14(18)3/h7-10,14-15,18-19H,5-6,11-13H2,1-4H3,(H,22,24)(H,23,25)/t14-,18-,19-/m0/s1. The van der Waals surface area contributed by atoms with Gasteiger partial charge in [-0.2, -0.15) is 0 Å². The second-order valence-electron chi connectivity index (χ2n) is 7.28. The van der Waals surface area contributed by atoms with Crippen molar-refractivity contribution < 1.29 is 14.3 Å². The number of amides is 2. The highest BCUT2D eigenvalue weighted by Gasteiger charge is 2.39. The molecule has 5 nitrogen and oxygen atoms in total. The molecule has 5 heteroatoms. The van der Waals surface area contributed by atoms with Gasteiger partial charge >= 0.3 is 0 Å². The summed E-state index contributed by atoms with van der Waals surface area (Å²) in [6.45, 7) is 7.01. The molecule has 1 saturated carbocycles. The highest BCUT2D eigenvalue weighted by atomic mass is 16.5. The number of methoxy groups -OCH3 is 1. The molecule has 1 fully saturated rings. The van der Waals surface area contributed by atoms with Crippen LogP contribution in [0.3, 0.4) is 0 Å². The Labute approximate surface area is 156 Å². The van der Waals surface area contributed by atoms with Gasteiger partial charge in [0.25, 0.3) is 5.91 Å². The fourth-order valence-electron chi connectivity index (χ4n) is 3.42. The van der Waals surface area contributed by atoms with Crippen molar-refractivity contribution in [2.45, 2.75) is 52.6 Å². The SMILES string of the molecule is CCC(CC)[C@H](CCNC(=O)c1ccc(NC(=O)[C@H]2C[C@@H]2C)cc1)OC. The van der Waals surface area contributed by atoms with Gasteiger partial charge in [-0.25, -0.2) is 0 Å². The Morgan fingerprint density at radius 1 is 1.19 bits per heavy atom. The fraction of sp³-hybridized carbons (Fsp3) is 0.619. The minimum Gasteiger partial charge on any atom is -0.381 e. The van der Waals surface area contributed by atoms with Crippen molar-refractivity contribution in [3.8, 4) is 0 Å². The molecular formula is C21H32N2O3. The van der Waals surface area contributed by atoms with Crippen LogP contribution in [0.4, 0.5) is 5.69 Å². The number of ether oxygens (including phenoxy) is 1. The summed E-state index contributed by atoms with van der Waals surface area (Å²) in [4.78, 5) is 24.2. The number of carbonyl (C=O) groups excluding carboxylic acids is 2. The van der Waals surface area contributed by atoms with Gasteiger partial charge in [0.2, 0.25) is 5.91 Å². The first-order chi connectivity index (χ1) is 12.5. The van der Waals surface area contributed by atoms with Crippen LogP contribution in [-0.4, -0.2) is 31.6 Å². The molecule has 26 heavy (non-hydrogen) atoms. The fourth-order valence-corrected chi connectivity index (χ4v) is 3.42. The molecule has 0 spiro atoms. The van der Waals surface area contributed by atoms with Crippen molar-refractivity contribution in [3.05, 3.63) is 29.8 Å². The minimum atomic E-state index is -0.0990. The Kier molecular flexibility index (Phi) is 7.64. The first-order valence-electron chi connectivity index (χ1n) is 9.72. The van der Waals surface area contributed by atoms with Crippen LogP contribution >= 0.6 is 0 Å². The zero-order valence-electron chi connectivity index (χ0n) is 16.4. The third-order valence-electron chi connectivity index (χ3n) is 5.45. The molecule has 1 aliphatic rings. The lowest BCUT2D eigenvalue weighted by atomic mass is 9.94. The topological polar surface area (TPSA) is 67.4 Å². The second-order valence-corrected chi connectivity index (χ2v) is 7.28. The molecule has 0 heterocycles. The average Bonchev–Trinajstić information content (AvgIpc) is 3.38. The van der Waals surface area contributed by atoms with Gasteiger partial charge in [0.05, 0.1) is 6.10 Å². The molecule has 2 rings (SSSR count). The monoisotopic (exact) mass is 360 g/mol. The quantitative estimate of drug-likeness (QED) is 0.666. The maximum atomic E-state index is 12.3. The highest BCUT2D eigenvalue weighted by Crippen LogP contribution is 2.38. The van der Waals surface area contributed by atoms with Crippen molar-refractivity contribution in [2.75, 3.05) is 19.0 Å². The van der Waals surface area contributed by atoms with Crippen LogP contribution in [0.2, 0.25) is 0 Å².